The van der Waals surface area contributed by atoms with Gasteiger partial charge in [-0.15, -0.1) is 0 Å². The molecule has 0 spiro atoms. The van der Waals surface area contributed by atoms with Crippen molar-refractivity contribution in [3.63, 3.8) is 0 Å². The van der Waals surface area contributed by atoms with Gasteiger partial charge in [-0.25, -0.2) is 4.79 Å². The molecule has 1 rings (SSSR count). The van der Waals surface area contributed by atoms with Gasteiger partial charge in [0.2, 0.25) is 0 Å². The molecule has 0 aliphatic heterocycles. The number of methoxy groups -OCH3 is 1. The quantitative estimate of drug-likeness (QED) is 0.457. The van der Waals surface area contributed by atoms with Gasteiger partial charge in [-0.3, -0.25) is 0 Å². The molecule has 0 saturated carbocycles. The molecule has 3 nitrogen and oxygen atoms in total. The van der Waals surface area contributed by atoms with Gasteiger partial charge in [0, 0.05) is 0 Å². The van der Waals surface area contributed by atoms with Crippen molar-refractivity contribution in [2.75, 3.05) is 7.11 Å². The summed E-state index contributed by atoms with van der Waals surface area (Å²) in [6.07, 6.45) is -0.459. The third-order valence-corrected chi connectivity index (χ3v) is 8.52. The number of hydrogen-bond donors (Lipinski definition) is 0. The molecule has 116 valence electrons. The summed E-state index contributed by atoms with van der Waals surface area (Å²) in [6.45, 7) is 14.7. The van der Waals surface area contributed by atoms with E-state index in [-0.39, 0.29) is 5.04 Å². The third-order valence-electron chi connectivity index (χ3n) is 4.09. The van der Waals surface area contributed by atoms with Gasteiger partial charge < -0.3 is 9.16 Å². The van der Waals surface area contributed by atoms with E-state index in [2.05, 4.69) is 40.4 Å². The Morgan fingerprint density at radius 3 is 2.14 bits per heavy atom. The number of carbonyl (C=O) groups is 1. The number of hydrogen-bond acceptors (Lipinski definition) is 3. The minimum Gasteiger partial charge on any atom is -0.466 e. The van der Waals surface area contributed by atoms with Gasteiger partial charge in [0.05, 0.1) is 12.7 Å². The Morgan fingerprint density at radius 1 is 1.19 bits per heavy atom. The van der Waals surface area contributed by atoms with E-state index in [0.717, 1.165) is 5.56 Å². The van der Waals surface area contributed by atoms with Gasteiger partial charge in [-0.05, 0) is 23.7 Å². The molecule has 0 bridgehead atoms. The summed E-state index contributed by atoms with van der Waals surface area (Å²) in [6, 6.07) is 9.70. The maximum absolute atomic E-state index is 11.9. The smallest absolute Gasteiger partial charge is 0.336 e. The van der Waals surface area contributed by atoms with Gasteiger partial charge in [-0.2, -0.15) is 0 Å². The van der Waals surface area contributed by atoms with Crippen molar-refractivity contribution in [3.8, 4) is 0 Å². The Labute approximate surface area is 129 Å². The molecule has 0 amide bonds. The first-order chi connectivity index (χ1) is 9.60. The molecule has 0 heterocycles. The summed E-state index contributed by atoms with van der Waals surface area (Å²) in [5, 5.41) is 0.0520. The molecule has 0 aliphatic rings. The standard InChI is InChI=1S/C17H26O3Si/c1-13(16(18)19-5)15(14-11-9-8-10-12-14)20-21(6,7)17(2,3)4/h8-12,15H,1H2,2-7H3. The van der Waals surface area contributed by atoms with E-state index in [4.69, 9.17) is 9.16 Å². The van der Waals surface area contributed by atoms with E-state index in [0.29, 0.717) is 5.57 Å². The van der Waals surface area contributed by atoms with Gasteiger partial charge in [-0.1, -0.05) is 57.7 Å². The Bertz CT molecular complexity index is 501. The second-order valence-corrected chi connectivity index (χ2v) is 11.4. The summed E-state index contributed by atoms with van der Waals surface area (Å²) in [5.41, 5.74) is 1.27. The number of esters is 1. The predicted octanol–water partition coefficient (Wildman–Crippen LogP) is 4.48. The molecule has 0 aliphatic carbocycles. The molecule has 0 fully saturated rings. The minimum atomic E-state index is -2.04. The summed E-state index contributed by atoms with van der Waals surface area (Å²) in [5.74, 6) is -0.428. The van der Waals surface area contributed by atoms with Crippen LogP contribution < -0.4 is 0 Å². The van der Waals surface area contributed by atoms with Crippen LogP contribution in [0.25, 0.3) is 0 Å². The van der Waals surface area contributed by atoms with Crippen LogP contribution in [-0.2, 0) is 14.0 Å². The largest absolute Gasteiger partial charge is 0.466 e. The van der Waals surface area contributed by atoms with Crippen LogP contribution in [0, 0.1) is 0 Å². The average Bonchev–Trinajstić information content (AvgIpc) is 2.43. The van der Waals surface area contributed by atoms with E-state index < -0.39 is 20.4 Å². The van der Waals surface area contributed by atoms with Crippen LogP contribution in [0.2, 0.25) is 18.1 Å². The number of ether oxygens (including phenoxy) is 1. The van der Waals surface area contributed by atoms with Crippen molar-refractivity contribution in [2.24, 2.45) is 0 Å². The van der Waals surface area contributed by atoms with Gasteiger partial charge >= 0.3 is 5.97 Å². The van der Waals surface area contributed by atoms with Crippen molar-refractivity contribution < 1.29 is 14.0 Å². The summed E-state index contributed by atoms with van der Waals surface area (Å²) in [7, 11) is -0.678. The molecule has 0 aromatic heterocycles. The van der Waals surface area contributed by atoms with Crippen LogP contribution in [0.1, 0.15) is 32.4 Å². The lowest BCUT2D eigenvalue weighted by Gasteiger charge is -2.39. The molecule has 0 saturated heterocycles. The fraction of sp³-hybridized carbons (Fsp3) is 0.471. The Hall–Kier alpha value is -1.39. The van der Waals surface area contributed by atoms with Crippen molar-refractivity contribution in [3.05, 3.63) is 48.0 Å². The van der Waals surface area contributed by atoms with Crippen molar-refractivity contribution in [1.82, 2.24) is 0 Å². The van der Waals surface area contributed by atoms with Crippen LogP contribution in [0.15, 0.2) is 42.5 Å². The van der Waals surface area contributed by atoms with E-state index in [1.807, 2.05) is 30.3 Å². The molecule has 1 atom stereocenters. The zero-order valence-corrected chi connectivity index (χ0v) is 14.9. The fourth-order valence-corrected chi connectivity index (χ4v) is 2.90. The molecule has 0 radical (unpaired) electrons. The number of carbonyl (C=O) groups excluding carboxylic acids is 1. The van der Waals surface area contributed by atoms with Crippen LogP contribution in [0.5, 0.6) is 0 Å². The maximum Gasteiger partial charge on any atom is 0.336 e. The zero-order valence-electron chi connectivity index (χ0n) is 13.9. The monoisotopic (exact) mass is 306 g/mol. The van der Waals surface area contributed by atoms with E-state index in [1.165, 1.54) is 7.11 Å². The summed E-state index contributed by atoms with van der Waals surface area (Å²) in [4.78, 5) is 11.9. The molecular formula is C17H26O3Si. The van der Waals surface area contributed by atoms with Gasteiger partial charge in [0.1, 0.15) is 6.10 Å². The molecule has 0 N–H and O–H groups in total. The topological polar surface area (TPSA) is 35.5 Å². The number of benzene rings is 1. The SMILES string of the molecule is C=C(C(=O)OC)C(O[Si](C)(C)C(C)(C)C)c1ccccc1. The van der Waals surface area contributed by atoms with E-state index >= 15 is 0 Å². The van der Waals surface area contributed by atoms with Crippen LogP contribution in [0.4, 0.5) is 0 Å². The molecule has 1 aromatic carbocycles. The Morgan fingerprint density at radius 2 is 1.71 bits per heavy atom. The highest BCUT2D eigenvalue weighted by Crippen LogP contribution is 2.41. The second kappa shape index (κ2) is 6.58. The Balaban J connectivity index is 3.16. The first kappa shape index (κ1) is 17.7. The Kier molecular flexibility index (Phi) is 5.53. The molecule has 1 unspecified atom stereocenters. The average molecular weight is 306 g/mol. The third kappa shape index (κ3) is 4.28. The van der Waals surface area contributed by atoms with E-state index in [9.17, 15) is 4.79 Å². The highest BCUT2D eigenvalue weighted by atomic mass is 28.4. The molecular weight excluding hydrogens is 280 g/mol. The first-order valence-electron chi connectivity index (χ1n) is 7.10. The lowest BCUT2D eigenvalue weighted by molar-refractivity contribution is -0.137. The maximum atomic E-state index is 11.9. The van der Waals surface area contributed by atoms with Crippen LogP contribution >= 0.6 is 0 Å². The normalized spacial score (nSPS) is 13.6. The molecule has 4 heteroatoms. The highest BCUT2D eigenvalue weighted by Gasteiger charge is 2.40. The first-order valence-corrected chi connectivity index (χ1v) is 10.0. The second-order valence-electron chi connectivity index (χ2n) is 6.69. The van der Waals surface area contributed by atoms with Crippen LogP contribution in [0.3, 0.4) is 0 Å². The molecule has 21 heavy (non-hydrogen) atoms. The van der Waals surface area contributed by atoms with Crippen LogP contribution in [-0.4, -0.2) is 21.4 Å². The lowest BCUT2D eigenvalue weighted by Crippen LogP contribution is -2.42. The lowest BCUT2D eigenvalue weighted by atomic mass is 10.0. The van der Waals surface area contributed by atoms with Crippen molar-refractivity contribution >= 4 is 14.3 Å². The van der Waals surface area contributed by atoms with Gasteiger partial charge in [0.15, 0.2) is 8.32 Å². The van der Waals surface area contributed by atoms with Gasteiger partial charge in [0.25, 0.3) is 0 Å². The highest BCUT2D eigenvalue weighted by molar-refractivity contribution is 6.74. The molecule has 1 aromatic rings. The van der Waals surface area contributed by atoms with E-state index in [1.54, 1.807) is 0 Å². The summed E-state index contributed by atoms with van der Waals surface area (Å²) < 4.78 is 11.2. The fourth-order valence-electron chi connectivity index (χ4n) is 1.68. The predicted molar refractivity (Wildman–Crippen MR) is 88.6 cm³/mol. The minimum absolute atomic E-state index is 0.0520. The van der Waals surface area contributed by atoms with Crippen molar-refractivity contribution in [2.45, 2.75) is 45.0 Å². The van der Waals surface area contributed by atoms with Crippen molar-refractivity contribution in [1.29, 1.82) is 0 Å². The number of rotatable bonds is 5. The summed E-state index contributed by atoms with van der Waals surface area (Å²) >= 11 is 0. The zero-order chi connectivity index (χ0) is 16.3.